The summed E-state index contributed by atoms with van der Waals surface area (Å²) < 4.78 is 5.27. The second-order valence-electron chi connectivity index (χ2n) is 2.93. The molecule has 0 unspecified atom stereocenters. The van der Waals surface area contributed by atoms with Crippen LogP contribution in [0.15, 0.2) is 17.1 Å². The van der Waals surface area contributed by atoms with E-state index in [4.69, 9.17) is 4.74 Å². The van der Waals surface area contributed by atoms with Crippen molar-refractivity contribution >= 4 is 0 Å². The summed E-state index contributed by atoms with van der Waals surface area (Å²) in [7, 11) is 3.92. The van der Waals surface area contributed by atoms with Gasteiger partial charge in [0, 0.05) is 12.6 Å². The number of H-pyrrole nitrogens is 1. The minimum Gasteiger partial charge on any atom is -0.490 e. The molecule has 0 aromatic carbocycles. The second-order valence-corrected chi connectivity index (χ2v) is 2.93. The summed E-state index contributed by atoms with van der Waals surface area (Å²) in [4.78, 5) is 12.8. The lowest BCUT2D eigenvalue weighted by atomic mass is 10.5. The summed E-state index contributed by atoms with van der Waals surface area (Å²) >= 11 is 0. The van der Waals surface area contributed by atoms with Crippen LogP contribution >= 0.6 is 0 Å². The van der Waals surface area contributed by atoms with Crippen LogP contribution in [0.25, 0.3) is 0 Å². The molecule has 5 heteroatoms. The van der Waals surface area contributed by atoms with Crippen molar-refractivity contribution in [2.45, 2.75) is 0 Å². The van der Waals surface area contributed by atoms with Crippen LogP contribution in [0.5, 0.6) is 5.75 Å². The monoisotopic (exact) mass is 183 g/mol. The highest BCUT2D eigenvalue weighted by Gasteiger charge is 1.95. The third-order valence-electron chi connectivity index (χ3n) is 1.45. The topological polar surface area (TPSA) is 58.2 Å². The Balaban J connectivity index is 2.41. The summed E-state index contributed by atoms with van der Waals surface area (Å²) in [6.07, 6.45) is 1.48. The molecule has 0 radical (unpaired) electrons. The first-order chi connectivity index (χ1) is 6.18. The maximum Gasteiger partial charge on any atom is 0.267 e. The molecule has 5 nitrogen and oxygen atoms in total. The smallest absolute Gasteiger partial charge is 0.267 e. The predicted octanol–water partition coefficient (Wildman–Crippen LogP) is -0.290. The summed E-state index contributed by atoms with van der Waals surface area (Å²) in [5.41, 5.74) is -0.248. The first-order valence-electron chi connectivity index (χ1n) is 4.01. The number of likely N-dealkylation sites (N-methyl/N-ethyl adjacent to an activating group) is 1. The normalized spacial score (nSPS) is 10.4. The fourth-order valence-electron chi connectivity index (χ4n) is 0.783. The lowest BCUT2D eigenvalue weighted by Crippen LogP contribution is -2.20. The van der Waals surface area contributed by atoms with Gasteiger partial charge in [0.15, 0.2) is 0 Å². The van der Waals surface area contributed by atoms with Crippen LogP contribution in [-0.2, 0) is 0 Å². The molecule has 1 aromatic rings. The minimum atomic E-state index is -0.248. The Morgan fingerprint density at radius 3 is 3.00 bits per heavy atom. The van der Waals surface area contributed by atoms with Crippen molar-refractivity contribution in [1.82, 2.24) is 15.1 Å². The largest absolute Gasteiger partial charge is 0.490 e. The maximum absolute atomic E-state index is 10.8. The Morgan fingerprint density at radius 2 is 2.38 bits per heavy atom. The van der Waals surface area contributed by atoms with Gasteiger partial charge in [-0.2, -0.15) is 5.10 Å². The Morgan fingerprint density at radius 1 is 1.62 bits per heavy atom. The van der Waals surface area contributed by atoms with Gasteiger partial charge in [0.1, 0.15) is 12.4 Å². The molecule has 0 bridgehead atoms. The number of nitrogens with one attached hydrogen (secondary N) is 1. The van der Waals surface area contributed by atoms with Gasteiger partial charge in [0.25, 0.3) is 5.56 Å². The molecular weight excluding hydrogens is 170 g/mol. The lowest BCUT2D eigenvalue weighted by molar-refractivity contribution is 0.260. The molecule has 0 saturated heterocycles. The van der Waals surface area contributed by atoms with Gasteiger partial charge in [-0.15, -0.1) is 0 Å². The van der Waals surface area contributed by atoms with Crippen LogP contribution in [0.4, 0.5) is 0 Å². The first kappa shape index (κ1) is 9.73. The molecular formula is C8H13N3O2. The fraction of sp³-hybridized carbons (Fsp3) is 0.500. The average Bonchev–Trinajstić information content (AvgIpc) is 2.03. The number of hydrogen-bond acceptors (Lipinski definition) is 4. The summed E-state index contributed by atoms with van der Waals surface area (Å²) in [5, 5.41) is 5.88. The van der Waals surface area contributed by atoms with Gasteiger partial charge in [-0.25, -0.2) is 5.10 Å². The number of rotatable bonds is 4. The molecule has 13 heavy (non-hydrogen) atoms. The zero-order valence-electron chi connectivity index (χ0n) is 7.78. The molecule has 72 valence electrons. The summed E-state index contributed by atoms with van der Waals surface area (Å²) in [5.74, 6) is 0.505. The van der Waals surface area contributed by atoms with E-state index >= 15 is 0 Å². The van der Waals surface area contributed by atoms with Crippen LogP contribution in [-0.4, -0.2) is 42.3 Å². The molecule has 1 heterocycles. The molecule has 0 atom stereocenters. The molecule has 0 aliphatic carbocycles. The molecule has 0 spiro atoms. The van der Waals surface area contributed by atoms with Gasteiger partial charge in [-0.3, -0.25) is 4.79 Å². The highest BCUT2D eigenvalue weighted by atomic mass is 16.5. The van der Waals surface area contributed by atoms with Crippen molar-refractivity contribution in [2.24, 2.45) is 0 Å². The number of nitrogens with zero attached hydrogens (tertiary/aromatic N) is 2. The van der Waals surface area contributed by atoms with Crippen LogP contribution in [0.2, 0.25) is 0 Å². The van der Waals surface area contributed by atoms with E-state index in [1.807, 2.05) is 19.0 Å². The van der Waals surface area contributed by atoms with Gasteiger partial charge >= 0.3 is 0 Å². The van der Waals surface area contributed by atoms with Crippen molar-refractivity contribution in [3.05, 3.63) is 22.6 Å². The Kier molecular flexibility index (Phi) is 3.45. The van der Waals surface area contributed by atoms with E-state index in [0.717, 1.165) is 6.54 Å². The average molecular weight is 183 g/mol. The highest BCUT2D eigenvalue weighted by Crippen LogP contribution is 2.01. The van der Waals surface area contributed by atoms with E-state index in [1.165, 1.54) is 12.3 Å². The summed E-state index contributed by atoms with van der Waals surface area (Å²) in [6, 6.07) is 1.38. The van der Waals surface area contributed by atoms with E-state index in [2.05, 4.69) is 10.2 Å². The van der Waals surface area contributed by atoms with Crippen LogP contribution < -0.4 is 10.3 Å². The molecule has 0 aliphatic rings. The van der Waals surface area contributed by atoms with E-state index in [9.17, 15) is 4.79 Å². The Labute approximate surface area is 76.3 Å². The van der Waals surface area contributed by atoms with E-state index in [-0.39, 0.29) is 5.56 Å². The zero-order chi connectivity index (χ0) is 9.68. The number of ether oxygens (including phenoxy) is 1. The van der Waals surface area contributed by atoms with E-state index < -0.39 is 0 Å². The quantitative estimate of drug-likeness (QED) is 0.697. The zero-order valence-corrected chi connectivity index (χ0v) is 7.78. The number of aromatic nitrogens is 2. The van der Waals surface area contributed by atoms with Crippen molar-refractivity contribution in [3.8, 4) is 5.75 Å². The minimum absolute atomic E-state index is 0.248. The third-order valence-corrected chi connectivity index (χ3v) is 1.45. The standard InChI is InChI=1S/C8H13N3O2/c1-11(2)3-4-13-7-5-8(12)10-9-6-7/h5-6H,3-4H2,1-2H3,(H,10,12). The third kappa shape index (κ3) is 3.71. The summed E-state index contributed by atoms with van der Waals surface area (Å²) in [6.45, 7) is 1.37. The number of hydrogen-bond donors (Lipinski definition) is 1. The van der Waals surface area contributed by atoms with Gasteiger partial charge in [-0.05, 0) is 14.1 Å². The molecule has 0 aliphatic heterocycles. The lowest BCUT2D eigenvalue weighted by Gasteiger charge is -2.09. The van der Waals surface area contributed by atoms with E-state index in [0.29, 0.717) is 12.4 Å². The fourth-order valence-corrected chi connectivity index (χ4v) is 0.783. The van der Waals surface area contributed by atoms with Gasteiger partial charge < -0.3 is 9.64 Å². The van der Waals surface area contributed by atoms with Crippen LogP contribution in [0.1, 0.15) is 0 Å². The Hall–Kier alpha value is -1.36. The van der Waals surface area contributed by atoms with Crippen molar-refractivity contribution in [3.63, 3.8) is 0 Å². The van der Waals surface area contributed by atoms with Crippen LogP contribution in [0.3, 0.4) is 0 Å². The van der Waals surface area contributed by atoms with E-state index in [1.54, 1.807) is 0 Å². The first-order valence-corrected chi connectivity index (χ1v) is 4.01. The number of aromatic amines is 1. The van der Waals surface area contributed by atoms with Crippen LogP contribution in [0, 0.1) is 0 Å². The maximum atomic E-state index is 10.8. The molecule has 0 saturated carbocycles. The highest BCUT2D eigenvalue weighted by molar-refractivity contribution is 5.12. The molecule has 1 rings (SSSR count). The van der Waals surface area contributed by atoms with Gasteiger partial charge in [0.2, 0.25) is 0 Å². The molecule has 0 fully saturated rings. The van der Waals surface area contributed by atoms with Gasteiger partial charge in [-0.1, -0.05) is 0 Å². The molecule has 1 aromatic heterocycles. The molecule has 0 amide bonds. The SMILES string of the molecule is CN(C)CCOc1cn[nH]c(=O)c1. The Bertz CT molecular complexity index is 308. The van der Waals surface area contributed by atoms with Crippen molar-refractivity contribution < 1.29 is 4.74 Å². The van der Waals surface area contributed by atoms with Crippen molar-refractivity contribution in [2.75, 3.05) is 27.2 Å². The second kappa shape index (κ2) is 4.61. The predicted molar refractivity (Wildman–Crippen MR) is 48.9 cm³/mol. The van der Waals surface area contributed by atoms with Gasteiger partial charge in [0.05, 0.1) is 6.20 Å². The van der Waals surface area contributed by atoms with Crippen molar-refractivity contribution in [1.29, 1.82) is 0 Å². The molecule has 1 N–H and O–H groups in total.